The van der Waals surface area contributed by atoms with Crippen LogP contribution in [0.15, 0.2) is 16.6 Å². The van der Waals surface area contributed by atoms with E-state index in [0.29, 0.717) is 34.6 Å². The smallest absolute Gasteiger partial charge is 0.321 e. The van der Waals surface area contributed by atoms with Crippen LogP contribution in [0.2, 0.25) is 10.0 Å². The Morgan fingerprint density at radius 2 is 2.05 bits per heavy atom. The second kappa shape index (κ2) is 6.85. The molecule has 0 unspecified atom stereocenters. The van der Waals surface area contributed by atoms with Gasteiger partial charge in [0.15, 0.2) is 0 Å². The van der Waals surface area contributed by atoms with Crippen molar-refractivity contribution in [2.45, 2.75) is 12.8 Å². The maximum Gasteiger partial charge on any atom is 0.321 e. The third kappa shape index (κ3) is 3.81. The normalized spacial score (nSPS) is 18.4. The predicted molar refractivity (Wildman–Crippen MR) is 85.1 cm³/mol. The maximum atomic E-state index is 12.2. The van der Waals surface area contributed by atoms with Crippen LogP contribution in [0.1, 0.15) is 12.8 Å². The Balaban J connectivity index is 2.08. The number of aliphatic carboxylic acids is 1. The molecule has 2 N–H and O–H groups in total. The van der Waals surface area contributed by atoms with Crippen LogP contribution in [-0.2, 0) is 4.79 Å². The van der Waals surface area contributed by atoms with Gasteiger partial charge in [0.05, 0.1) is 21.7 Å². The molecule has 1 aromatic carbocycles. The van der Waals surface area contributed by atoms with Crippen LogP contribution in [0.25, 0.3) is 0 Å². The van der Waals surface area contributed by atoms with Crippen molar-refractivity contribution in [1.82, 2.24) is 4.90 Å². The van der Waals surface area contributed by atoms with E-state index < -0.39 is 11.9 Å². The van der Waals surface area contributed by atoms with Gasteiger partial charge in [-0.05, 0) is 40.9 Å². The van der Waals surface area contributed by atoms with E-state index in [1.807, 2.05) is 0 Å². The quantitative estimate of drug-likeness (QED) is 0.741. The number of urea groups is 1. The van der Waals surface area contributed by atoms with Crippen molar-refractivity contribution >= 4 is 56.8 Å². The number of piperidine rings is 1. The van der Waals surface area contributed by atoms with Crippen LogP contribution in [0.5, 0.6) is 0 Å². The Morgan fingerprint density at radius 3 is 2.71 bits per heavy atom. The number of halogens is 3. The molecule has 2 amide bonds. The molecule has 1 aliphatic heterocycles. The third-order valence-corrected chi connectivity index (χ3v) is 5.11. The van der Waals surface area contributed by atoms with Gasteiger partial charge in [-0.1, -0.05) is 23.2 Å². The van der Waals surface area contributed by atoms with Gasteiger partial charge in [0, 0.05) is 17.6 Å². The van der Waals surface area contributed by atoms with Gasteiger partial charge in [-0.3, -0.25) is 4.79 Å². The zero-order valence-corrected chi connectivity index (χ0v) is 14.0. The first-order chi connectivity index (χ1) is 9.90. The summed E-state index contributed by atoms with van der Waals surface area (Å²) in [6.45, 7) is 0.723. The number of carbonyl (C=O) groups excluding carboxylic acids is 1. The summed E-state index contributed by atoms with van der Waals surface area (Å²) < 4.78 is 0.635. The van der Waals surface area contributed by atoms with Crippen LogP contribution in [0, 0.1) is 5.92 Å². The number of benzene rings is 1. The molecule has 0 aliphatic carbocycles. The van der Waals surface area contributed by atoms with Crippen LogP contribution in [0.3, 0.4) is 0 Å². The molecule has 2 rings (SSSR count). The minimum Gasteiger partial charge on any atom is -0.481 e. The van der Waals surface area contributed by atoms with Gasteiger partial charge in [0.1, 0.15) is 0 Å². The Labute approximate surface area is 140 Å². The number of carboxylic acid groups (broad SMARTS) is 1. The van der Waals surface area contributed by atoms with E-state index >= 15 is 0 Å². The Hall–Kier alpha value is -0.980. The molecule has 1 saturated heterocycles. The number of likely N-dealkylation sites (tertiary alicyclic amines) is 1. The molecule has 0 radical (unpaired) electrons. The fourth-order valence-corrected chi connectivity index (χ4v) is 3.00. The summed E-state index contributed by atoms with van der Waals surface area (Å²) in [6, 6.07) is 2.94. The molecule has 1 aliphatic rings. The average molecular weight is 396 g/mol. The minimum absolute atomic E-state index is 0.197. The number of rotatable bonds is 2. The highest BCUT2D eigenvalue weighted by atomic mass is 79.9. The van der Waals surface area contributed by atoms with Gasteiger partial charge in [0.25, 0.3) is 0 Å². The highest BCUT2D eigenvalue weighted by Crippen LogP contribution is 2.36. The van der Waals surface area contributed by atoms with Gasteiger partial charge in [0.2, 0.25) is 0 Å². The monoisotopic (exact) mass is 394 g/mol. The maximum absolute atomic E-state index is 12.2. The average Bonchev–Trinajstić information content (AvgIpc) is 2.48. The van der Waals surface area contributed by atoms with Crippen LogP contribution in [0.4, 0.5) is 10.5 Å². The van der Waals surface area contributed by atoms with E-state index in [0.717, 1.165) is 0 Å². The van der Waals surface area contributed by atoms with E-state index in [1.165, 1.54) is 4.90 Å². The lowest BCUT2D eigenvalue weighted by Gasteiger charge is -2.30. The summed E-state index contributed by atoms with van der Waals surface area (Å²) in [4.78, 5) is 24.7. The molecule has 0 aromatic heterocycles. The number of hydrogen-bond donors (Lipinski definition) is 2. The SMILES string of the molecule is O=C(O)[C@H]1CCCN(C(=O)Nc2ccc(Br)c(Cl)c2Cl)C1. The topological polar surface area (TPSA) is 69.6 Å². The standard InChI is InChI=1S/C13H13BrCl2N2O3/c14-8-3-4-9(11(16)10(8)15)17-13(21)18-5-1-2-7(6-18)12(19)20/h3-4,7H,1-2,5-6H2,(H,17,21)(H,19,20)/t7-/m0/s1. The summed E-state index contributed by atoms with van der Waals surface area (Å²) in [6.07, 6.45) is 1.25. The summed E-state index contributed by atoms with van der Waals surface area (Å²) in [7, 11) is 0. The second-order valence-corrected chi connectivity index (χ2v) is 6.39. The molecule has 0 bridgehead atoms. The molecule has 8 heteroatoms. The van der Waals surface area contributed by atoms with Crippen LogP contribution in [-0.4, -0.2) is 35.1 Å². The van der Waals surface area contributed by atoms with E-state index in [-0.39, 0.29) is 17.6 Å². The number of carbonyl (C=O) groups is 2. The molecule has 5 nitrogen and oxygen atoms in total. The summed E-state index contributed by atoms with van der Waals surface area (Å²) in [5, 5.41) is 12.3. The predicted octanol–water partition coefficient (Wildman–Crippen LogP) is 4.08. The van der Waals surface area contributed by atoms with Crippen molar-refractivity contribution in [2.75, 3.05) is 18.4 Å². The molecular formula is C13H13BrCl2N2O3. The molecule has 1 aromatic rings. The lowest BCUT2D eigenvalue weighted by molar-refractivity contribution is -0.143. The van der Waals surface area contributed by atoms with Gasteiger partial charge in [-0.25, -0.2) is 4.79 Å². The first-order valence-corrected chi connectivity index (χ1v) is 7.87. The fourth-order valence-electron chi connectivity index (χ4n) is 2.18. The highest BCUT2D eigenvalue weighted by molar-refractivity contribution is 9.10. The zero-order chi connectivity index (χ0) is 15.6. The van der Waals surface area contributed by atoms with Crippen molar-refractivity contribution in [2.24, 2.45) is 5.92 Å². The molecule has 0 spiro atoms. The van der Waals surface area contributed by atoms with Crippen molar-refractivity contribution in [3.63, 3.8) is 0 Å². The molecule has 21 heavy (non-hydrogen) atoms. The van der Waals surface area contributed by atoms with Crippen molar-refractivity contribution < 1.29 is 14.7 Å². The summed E-state index contributed by atoms with van der Waals surface area (Å²) in [5.41, 5.74) is 0.396. The Morgan fingerprint density at radius 1 is 1.33 bits per heavy atom. The summed E-state index contributed by atoms with van der Waals surface area (Å²) in [5.74, 6) is -1.40. The minimum atomic E-state index is -0.878. The molecule has 1 heterocycles. The zero-order valence-electron chi connectivity index (χ0n) is 10.9. The third-order valence-electron chi connectivity index (χ3n) is 3.33. The van der Waals surface area contributed by atoms with Crippen LogP contribution < -0.4 is 5.32 Å². The Kier molecular flexibility index (Phi) is 5.35. The van der Waals surface area contributed by atoms with Gasteiger partial charge in [-0.2, -0.15) is 0 Å². The number of nitrogens with zero attached hydrogens (tertiary/aromatic N) is 1. The number of nitrogens with one attached hydrogen (secondary N) is 1. The number of anilines is 1. The number of carboxylic acids is 1. The molecular weight excluding hydrogens is 383 g/mol. The summed E-state index contributed by atoms with van der Waals surface area (Å²) >= 11 is 15.3. The van der Waals surface area contributed by atoms with Crippen molar-refractivity contribution in [3.8, 4) is 0 Å². The lowest BCUT2D eigenvalue weighted by Crippen LogP contribution is -2.44. The molecule has 114 valence electrons. The molecule has 1 atom stereocenters. The highest BCUT2D eigenvalue weighted by Gasteiger charge is 2.28. The largest absolute Gasteiger partial charge is 0.481 e. The van der Waals surface area contributed by atoms with Crippen LogP contribution >= 0.6 is 39.1 Å². The number of amides is 2. The van der Waals surface area contributed by atoms with Gasteiger partial charge in [-0.15, -0.1) is 0 Å². The number of hydrogen-bond acceptors (Lipinski definition) is 2. The second-order valence-electron chi connectivity index (χ2n) is 4.78. The van der Waals surface area contributed by atoms with E-state index in [4.69, 9.17) is 28.3 Å². The van der Waals surface area contributed by atoms with E-state index in [2.05, 4.69) is 21.2 Å². The van der Waals surface area contributed by atoms with Gasteiger partial charge < -0.3 is 15.3 Å². The Bertz CT molecular complexity index is 583. The first kappa shape index (κ1) is 16.4. The van der Waals surface area contributed by atoms with E-state index in [1.54, 1.807) is 12.1 Å². The van der Waals surface area contributed by atoms with Crippen molar-refractivity contribution in [3.05, 3.63) is 26.7 Å². The molecule has 1 fully saturated rings. The molecule has 0 saturated carbocycles. The van der Waals surface area contributed by atoms with Gasteiger partial charge >= 0.3 is 12.0 Å². The lowest BCUT2D eigenvalue weighted by atomic mass is 9.99. The van der Waals surface area contributed by atoms with Crippen molar-refractivity contribution in [1.29, 1.82) is 0 Å². The first-order valence-electron chi connectivity index (χ1n) is 6.32. The van der Waals surface area contributed by atoms with E-state index in [9.17, 15) is 9.59 Å². The fraction of sp³-hybridized carbons (Fsp3) is 0.385.